The Balaban J connectivity index is 2.00. The number of hydrogen-bond acceptors (Lipinski definition) is 6. The van der Waals surface area contributed by atoms with Gasteiger partial charge in [-0.05, 0) is 18.6 Å². The number of rotatable bonds is 6. The third-order valence-electron chi connectivity index (χ3n) is 2.72. The van der Waals surface area contributed by atoms with E-state index >= 15 is 0 Å². The van der Waals surface area contributed by atoms with Crippen LogP contribution in [0.3, 0.4) is 0 Å². The van der Waals surface area contributed by atoms with Gasteiger partial charge in [-0.15, -0.1) is 0 Å². The van der Waals surface area contributed by atoms with E-state index in [1.54, 1.807) is 6.20 Å². The Morgan fingerprint density at radius 3 is 2.84 bits per heavy atom. The molecular formula is C13H17N5O. The number of nitrogens with one attached hydrogen (secondary N) is 1. The van der Waals surface area contributed by atoms with Crippen LogP contribution in [-0.4, -0.2) is 21.6 Å². The normalized spacial score (nSPS) is 10.2. The Bertz CT molecular complexity index is 518. The maximum absolute atomic E-state index is 5.69. The molecule has 0 spiro atoms. The highest BCUT2D eigenvalue weighted by Gasteiger charge is 2.09. The van der Waals surface area contributed by atoms with E-state index in [2.05, 4.69) is 20.4 Å². The van der Waals surface area contributed by atoms with Crippen LogP contribution < -0.4 is 16.0 Å². The van der Waals surface area contributed by atoms with E-state index in [9.17, 15) is 0 Å². The van der Waals surface area contributed by atoms with E-state index in [4.69, 9.17) is 10.6 Å². The number of pyridine rings is 1. The van der Waals surface area contributed by atoms with Gasteiger partial charge in [0.25, 0.3) is 0 Å². The van der Waals surface area contributed by atoms with Gasteiger partial charge in [-0.2, -0.15) is 0 Å². The first kappa shape index (κ1) is 13.2. The molecule has 6 nitrogen and oxygen atoms in total. The minimum atomic E-state index is 0.519. The molecule has 0 aliphatic rings. The molecule has 2 aromatic rings. The molecule has 3 N–H and O–H groups in total. The van der Waals surface area contributed by atoms with Crippen LogP contribution in [0.4, 0.5) is 5.82 Å². The lowest BCUT2D eigenvalue weighted by Gasteiger charge is -2.11. The van der Waals surface area contributed by atoms with Gasteiger partial charge in [-0.25, -0.2) is 15.8 Å². The molecule has 0 radical (unpaired) electrons. The van der Waals surface area contributed by atoms with E-state index in [-0.39, 0.29) is 0 Å². The number of hydrogen-bond donors (Lipinski definition) is 2. The van der Waals surface area contributed by atoms with Crippen LogP contribution in [0.25, 0.3) is 0 Å². The quantitative estimate of drug-likeness (QED) is 0.601. The molecule has 0 aliphatic heterocycles. The Kier molecular flexibility index (Phi) is 4.63. The van der Waals surface area contributed by atoms with Gasteiger partial charge < -0.3 is 10.2 Å². The number of nitrogens with two attached hydrogens (primary N) is 1. The van der Waals surface area contributed by atoms with Crippen molar-refractivity contribution in [1.29, 1.82) is 0 Å². The number of nitrogen functional groups attached to an aromatic ring is 1. The van der Waals surface area contributed by atoms with E-state index < -0.39 is 0 Å². The van der Waals surface area contributed by atoms with Crippen molar-refractivity contribution in [3.8, 4) is 5.88 Å². The van der Waals surface area contributed by atoms with Gasteiger partial charge in [-0.1, -0.05) is 13.0 Å². The first-order chi connectivity index (χ1) is 9.35. The number of nitrogens with zero attached hydrogens (tertiary/aromatic N) is 3. The van der Waals surface area contributed by atoms with Gasteiger partial charge in [0.2, 0.25) is 5.88 Å². The molecule has 0 bridgehead atoms. The molecule has 2 rings (SSSR count). The van der Waals surface area contributed by atoms with Crippen molar-refractivity contribution in [3.05, 3.63) is 42.0 Å². The zero-order valence-electron chi connectivity index (χ0n) is 10.8. The highest BCUT2D eigenvalue weighted by atomic mass is 16.5. The summed E-state index contributed by atoms with van der Waals surface area (Å²) in [5.41, 5.74) is 4.42. The number of hydrazine groups is 1. The molecule has 2 heterocycles. The molecule has 0 atom stereocenters. The van der Waals surface area contributed by atoms with Crippen molar-refractivity contribution >= 4 is 5.82 Å². The lowest BCUT2D eigenvalue weighted by atomic mass is 10.2. The van der Waals surface area contributed by atoms with E-state index in [1.807, 2.05) is 25.1 Å². The van der Waals surface area contributed by atoms with E-state index in [0.717, 1.165) is 24.1 Å². The third kappa shape index (κ3) is 3.38. The second-order valence-corrected chi connectivity index (χ2v) is 3.92. The number of ether oxygens (including phenoxy) is 1. The van der Waals surface area contributed by atoms with Gasteiger partial charge in [0.05, 0.1) is 12.2 Å². The van der Waals surface area contributed by atoms with Crippen LogP contribution in [0.5, 0.6) is 5.88 Å². The average Bonchev–Trinajstić information content (AvgIpc) is 2.48. The summed E-state index contributed by atoms with van der Waals surface area (Å²) in [6.07, 6.45) is 4.69. The Morgan fingerprint density at radius 1 is 1.26 bits per heavy atom. The standard InChI is InChI=1S/C13H17N5O/c1-2-11-12(18-14)16-9-17-13(11)19-8-6-10-5-3-4-7-15-10/h3-5,7,9H,2,6,8,14H2,1H3,(H,16,17,18). The largest absolute Gasteiger partial charge is 0.477 e. The van der Waals surface area contributed by atoms with Gasteiger partial charge in [-0.3, -0.25) is 4.98 Å². The molecule has 0 unspecified atom stereocenters. The maximum Gasteiger partial charge on any atom is 0.221 e. The second-order valence-electron chi connectivity index (χ2n) is 3.92. The molecule has 6 heteroatoms. The predicted octanol–water partition coefficient (Wildman–Crippen LogP) is 1.34. The number of aromatic nitrogens is 3. The van der Waals surface area contributed by atoms with Crippen molar-refractivity contribution in [1.82, 2.24) is 15.0 Å². The fourth-order valence-electron chi connectivity index (χ4n) is 1.76. The van der Waals surface area contributed by atoms with Gasteiger partial charge in [0.1, 0.15) is 12.1 Å². The molecule has 0 aliphatic carbocycles. The minimum Gasteiger partial charge on any atom is -0.477 e. The predicted molar refractivity (Wildman–Crippen MR) is 72.7 cm³/mol. The van der Waals surface area contributed by atoms with Crippen molar-refractivity contribution in [2.75, 3.05) is 12.0 Å². The van der Waals surface area contributed by atoms with Gasteiger partial charge in [0, 0.05) is 18.3 Å². The summed E-state index contributed by atoms with van der Waals surface area (Å²) in [5, 5.41) is 0. The van der Waals surface area contributed by atoms with Crippen LogP contribution >= 0.6 is 0 Å². The highest BCUT2D eigenvalue weighted by Crippen LogP contribution is 2.21. The molecule has 19 heavy (non-hydrogen) atoms. The Labute approximate surface area is 112 Å². The van der Waals surface area contributed by atoms with Crippen molar-refractivity contribution in [3.63, 3.8) is 0 Å². The smallest absolute Gasteiger partial charge is 0.221 e. The Morgan fingerprint density at radius 2 is 2.16 bits per heavy atom. The second kappa shape index (κ2) is 6.65. The summed E-state index contributed by atoms with van der Waals surface area (Å²) in [7, 11) is 0. The molecule has 2 aromatic heterocycles. The average molecular weight is 259 g/mol. The van der Waals surface area contributed by atoms with Crippen LogP contribution in [-0.2, 0) is 12.8 Å². The maximum atomic E-state index is 5.69. The molecule has 0 saturated heterocycles. The summed E-state index contributed by atoms with van der Waals surface area (Å²) < 4.78 is 5.69. The summed E-state index contributed by atoms with van der Waals surface area (Å²) in [5.74, 6) is 6.58. The van der Waals surface area contributed by atoms with Crippen LogP contribution in [0, 0.1) is 0 Å². The molecule has 100 valence electrons. The van der Waals surface area contributed by atoms with Crippen molar-refractivity contribution < 1.29 is 4.74 Å². The number of anilines is 1. The topological polar surface area (TPSA) is 86.0 Å². The first-order valence-electron chi connectivity index (χ1n) is 6.18. The summed E-state index contributed by atoms with van der Waals surface area (Å²) >= 11 is 0. The SMILES string of the molecule is CCc1c(NN)ncnc1OCCc1ccccn1. The molecule has 0 fully saturated rings. The minimum absolute atomic E-state index is 0.519. The van der Waals surface area contributed by atoms with Crippen LogP contribution in [0.15, 0.2) is 30.7 Å². The fraction of sp³-hybridized carbons (Fsp3) is 0.308. The fourth-order valence-corrected chi connectivity index (χ4v) is 1.76. The molecular weight excluding hydrogens is 242 g/mol. The third-order valence-corrected chi connectivity index (χ3v) is 2.72. The van der Waals surface area contributed by atoms with E-state index in [1.165, 1.54) is 6.33 Å². The highest BCUT2D eigenvalue weighted by molar-refractivity contribution is 5.47. The van der Waals surface area contributed by atoms with E-state index in [0.29, 0.717) is 18.3 Å². The first-order valence-corrected chi connectivity index (χ1v) is 6.18. The molecule has 0 amide bonds. The van der Waals surface area contributed by atoms with Gasteiger partial charge >= 0.3 is 0 Å². The summed E-state index contributed by atoms with van der Waals surface area (Å²) in [6.45, 7) is 2.52. The Hall–Kier alpha value is -2.21. The molecule has 0 saturated carbocycles. The van der Waals surface area contributed by atoms with Gasteiger partial charge in [0.15, 0.2) is 0 Å². The monoisotopic (exact) mass is 259 g/mol. The van der Waals surface area contributed by atoms with Crippen LogP contribution in [0.2, 0.25) is 0 Å². The summed E-state index contributed by atoms with van der Waals surface area (Å²) in [4.78, 5) is 12.4. The lowest BCUT2D eigenvalue weighted by Crippen LogP contribution is -2.13. The van der Waals surface area contributed by atoms with Crippen LogP contribution in [0.1, 0.15) is 18.2 Å². The van der Waals surface area contributed by atoms with Crippen molar-refractivity contribution in [2.45, 2.75) is 19.8 Å². The molecule has 0 aromatic carbocycles. The zero-order valence-corrected chi connectivity index (χ0v) is 10.8. The zero-order chi connectivity index (χ0) is 13.5. The lowest BCUT2D eigenvalue weighted by molar-refractivity contribution is 0.304. The summed E-state index contributed by atoms with van der Waals surface area (Å²) in [6, 6.07) is 5.82. The van der Waals surface area contributed by atoms with Crippen molar-refractivity contribution in [2.24, 2.45) is 5.84 Å².